The molecule has 2 aromatic rings. The lowest BCUT2D eigenvalue weighted by molar-refractivity contribution is -0.116. The normalized spacial score (nSPS) is 11.2. The molecule has 0 saturated carbocycles. The van der Waals surface area contributed by atoms with Gasteiger partial charge >= 0.3 is 0 Å². The van der Waals surface area contributed by atoms with Gasteiger partial charge in [0.05, 0.1) is 4.90 Å². The van der Waals surface area contributed by atoms with Crippen molar-refractivity contribution in [2.45, 2.75) is 17.7 Å². The van der Waals surface area contributed by atoms with Crippen molar-refractivity contribution in [1.29, 1.82) is 0 Å². The molecule has 0 atom stereocenters. The van der Waals surface area contributed by atoms with Gasteiger partial charge in [0.2, 0.25) is 5.91 Å². The molecule has 0 aromatic heterocycles. The number of nitrogens with one attached hydrogen (secondary N) is 1. The minimum absolute atomic E-state index is 0.177. The van der Waals surface area contributed by atoms with E-state index in [4.69, 9.17) is 11.6 Å². The summed E-state index contributed by atoms with van der Waals surface area (Å²) in [4.78, 5) is 12.1. The van der Waals surface area contributed by atoms with Crippen molar-refractivity contribution in [1.82, 2.24) is 0 Å². The molecule has 1 amide bonds. The summed E-state index contributed by atoms with van der Waals surface area (Å²) >= 11 is 6.04. The van der Waals surface area contributed by atoms with Crippen LogP contribution in [-0.4, -0.2) is 20.6 Å². The van der Waals surface area contributed by atoms with Crippen LogP contribution in [0.4, 0.5) is 5.69 Å². The van der Waals surface area contributed by atoms with Crippen molar-refractivity contribution < 1.29 is 13.2 Å². The van der Waals surface area contributed by atoms with Crippen LogP contribution in [0.2, 0.25) is 5.02 Å². The van der Waals surface area contributed by atoms with Crippen molar-refractivity contribution >= 4 is 33.0 Å². The number of rotatable bonds is 5. The maximum Gasteiger partial charge on any atom is 0.224 e. The number of carbonyl (C=O) groups excluding carboxylic acids is 1. The van der Waals surface area contributed by atoms with E-state index < -0.39 is 9.84 Å². The molecule has 0 radical (unpaired) electrons. The molecule has 6 heteroatoms. The predicted molar refractivity (Wildman–Crippen MR) is 88.0 cm³/mol. The number of aryl methyl sites for hydroxylation is 1. The lowest BCUT2D eigenvalue weighted by Crippen LogP contribution is -2.12. The van der Waals surface area contributed by atoms with Gasteiger partial charge in [-0.15, -0.1) is 0 Å². The fourth-order valence-electron chi connectivity index (χ4n) is 1.98. The van der Waals surface area contributed by atoms with E-state index in [0.717, 1.165) is 11.8 Å². The fourth-order valence-corrected chi connectivity index (χ4v) is 2.87. The lowest BCUT2D eigenvalue weighted by atomic mass is 10.1. The fraction of sp³-hybridized carbons (Fsp3) is 0.188. The molecule has 0 spiro atoms. The number of hydrogen-bond donors (Lipinski definition) is 1. The molecule has 0 aliphatic heterocycles. The van der Waals surface area contributed by atoms with Gasteiger partial charge < -0.3 is 5.32 Å². The minimum atomic E-state index is -3.29. The molecule has 2 rings (SSSR count). The predicted octanol–water partition coefficient (Wildman–Crippen LogP) is 3.31. The van der Waals surface area contributed by atoms with Crippen molar-refractivity contribution in [3.63, 3.8) is 0 Å². The molecule has 116 valence electrons. The summed E-state index contributed by atoms with van der Waals surface area (Å²) in [5.41, 5.74) is 1.37. The van der Waals surface area contributed by atoms with E-state index in [-0.39, 0.29) is 17.2 Å². The number of halogens is 1. The maximum absolute atomic E-state index is 12.0. The van der Waals surface area contributed by atoms with E-state index in [1.54, 1.807) is 18.2 Å². The summed E-state index contributed by atoms with van der Waals surface area (Å²) in [6, 6.07) is 13.6. The minimum Gasteiger partial charge on any atom is -0.326 e. The molecular formula is C16H16ClNO3S. The molecule has 4 nitrogen and oxygen atoms in total. The average Bonchev–Trinajstić information content (AvgIpc) is 2.46. The van der Waals surface area contributed by atoms with Gasteiger partial charge in [-0.3, -0.25) is 4.79 Å². The summed E-state index contributed by atoms with van der Waals surface area (Å²) in [6.07, 6.45) is 1.93. The molecule has 0 aliphatic carbocycles. The summed E-state index contributed by atoms with van der Waals surface area (Å²) in [5, 5.41) is 3.33. The van der Waals surface area contributed by atoms with Gasteiger partial charge in [0.25, 0.3) is 0 Å². The molecule has 22 heavy (non-hydrogen) atoms. The van der Waals surface area contributed by atoms with Crippen LogP contribution in [0.15, 0.2) is 53.4 Å². The summed E-state index contributed by atoms with van der Waals surface area (Å²) in [7, 11) is -3.29. The van der Waals surface area contributed by atoms with E-state index in [9.17, 15) is 13.2 Å². The zero-order chi connectivity index (χ0) is 16.2. The highest BCUT2D eigenvalue weighted by molar-refractivity contribution is 7.90. The summed E-state index contributed by atoms with van der Waals surface area (Å²) < 4.78 is 23.0. The Morgan fingerprint density at radius 2 is 1.86 bits per heavy atom. The standard InChI is InChI=1S/C16H16ClNO3S/c1-22(20,21)14-7-4-6-13(11-14)18-16(19)10-9-12-5-2-3-8-15(12)17/h2-8,11H,9-10H2,1H3,(H,18,19). The molecule has 0 unspecified atom stereocenters. The number of hydrogen-bond acceptors (Lipinski definition) is 3. The summed E-state index contributed by atoms with van der Waals surface area (Å²) in [5.74, 6) is -0.189. The molecular weight excluding hydrogens is 322 g/mol. The highest BCUT2D eigenvalue weighted by Gasteiger charge is 2.09. The number of carbonyl (C=O) groups is 1. The van der Waals surface area contributed by atoms with Crippen LogP contribution < -0.4 is 5.32 Å². The number of amides is 1. The van der Waals surface area contributed by atoms with Crippen LogP contribution in [0.1, 0.15) is 12.0 Å². The second-order valence-electron chi connectivity index (χ2n) is 4.94. The van der Waals surface area contributed by atoms with Crippen molar-refractivity contribution in [3.05, 3.63) is 59.1 Å². The second kappa shape index (κ2) is 6.94. The first-order valence-electron chi connectivity index (χ1n) is 6.69. The van der Waals surface area contributed by atoms with Gasteiger partial charge in [-0.1, -0.05) is 35.9 Å². The van der Waals surface area contributed by atoms with Crippen LogP contribution in [0.3, 0.4) is 0 Å². The monoisotopic (exact) mass is 337 g/mol. The Morgan fingerprint density at radius 1 is 1.14 bits per heavy atom. The molecule has 0 aliphatic rings. The van der Waals surface area contributed by atoms with Gasteiger partial charge in [0, 0.05) is 23.4 Å². The van der Waals surface area contributed by atoms with E-state index in [1.165, 1.54) is 12.1 Å². The smallest absolute Gasteiger partial charge is 0.224 e. The first kappa shape index (κ1) is 16.5. The number of benzene rings is 2. The Labute approximate surface area is 135 Å². The largest absolute Gasteiger partial charge is 0.326 e. The molecule has 0 bridgehead atoms. The molecule has 2 aromatic carbocycles. The van der Waals surface area contributed by atoms with E-state index in [2.05, 4.69) is 5.32 Å². The lowest BCUT2D eigenvalue weighted by Gasteiger charge is -2.07. The highest BCUT2D eigenvalue weighted by atomic mass is 35.5. The van der Waals surface area contributed by atoms with Crippen molar-refractivity contribution in [2.24, 2.45) is 0 Å². The Hall–Kier alpha value is -1.85. The van der Waals surface area contributed by atoms with Crippen LogP contribution in [0.5, 0.6) is 0 Å². The topological polar surface area (TPSA) is 63.2 Å². The Kier molecular flexibility index (Phi) is 5.21. The molecule has 0 fully saturated rings. The van der Waals surface area contributed by atoms with Crippen molar-refractivity contribution in [3.8, 4) is 0 Å². The Balaban J connectivity index is 2.00. The van der Waals surface area contributed by atoms with Gasteiger partial charge in [-0.25, -0.2) is 8.42 Å². The zero-order valence-corrected chi connectivity index (χ0v) is 13.6. The van der Waals surface area contributed by atoms with E-state index >= 15 is 0 Å². The molecule has 0 saturated heterocycles. The highest BCUT2D eigenvalue weighted by Crippen LogP contribution is 2.18. The summed E-state index contributed by atoms with van der Waals surface area (Å²) in [6.45, 7) is 0. The number of sulfone groups is 1. The van der Waals surface area contributed by atoms with Crippen LogP contribution in [-0.2, 0) is 21.1 Å². The van der Waals surface area contributed by atoms with E-state index in [1.807, 2.05) is 18.2 Å². The second-order valence-corrected chi connectivity index (χ2v) is 7.36. The molecule has 0 heterocycles. The van der Waals surface area contributed by atoms with Gasteiger partial charge in [-0.2, -0.15) is 0 Å². The third-order valence-electron chi connectivity index (χ3n) is 3.13. The van der Waals surface area contributed by atoms with Crippen LogP contribution in [0, 0.1) is 0 Å². The van der Waals surface area contributed by atoms with Crippen LogP contribution >= 0.6 is 11.6 Å². The van der Waals surface area contributed by atoms with Crippen LogP contribution in [0.25, 0.3) is 0 Å². The first-order chi connectivity index (χ1) is 10.4. The Morgan fingerprint density at radius 3 is 2.55 bits per heavy atom. The SMILES string of the molecule is CS(=O)(=O)c1cccc(NC(=O)CCc2ccccc2Cl)c1. The number of anilines is 1. The van der Waals surface area contributed by atoms with Gasteiger partial charge in [-0.05, 0) is 36.2 Å². The quantitative estimate of drug-likeness (QED) is 0.910. The zero-order valence-electron chi connectivity index (χ0n) is 12.0. The average molecular weight is 338 g/mol. The van der Waals surface area contributed by atoms with Gasteiger partial charge in [0.1, 0.15) is 0 Å². The maximum atomic E-state index is 12.0. The third kappa shape index (κ3) is 4.58. The van der Waals surface area contributed by atoms with Gasteiger partial charge in [0.15, 0.2) is 9.84 Å². The first-order valence-corrected chi connectivity index (χ1v) is 8.96. The molecule has 1 N–H and O–H groups in total. The Bertz CT molecular complexity index is 787. The van der Waals surface area contributed by atoms with Crippen molar-refractivity contribution in [2.75, 3.05) is 11.6 Å². The van der Waals surface area contributed by atoms with E-state index in [0.29, 0.717) is 17.1 Å². The third-order valence-corrected chi connectivity index (χ3v) is 4.60.